The monoisotopic (exact) mass is 404 g/mol. The highest BCUT2D eigenvalue weighted by Gasteiger charge is 2.40. The first-order valence-electron chi connectivity index (χ1n) is 10.5. The summed E-state index contributed by atoms with van der Waals surface area (Å²) in [5.74, 6) is 0. The minimum absolute atomic E-state index is 0.435. The van der Waals surface area contributed by atoms with Crippen molar-refractivity contribution in [2.75, 3.05) is 0 Å². The molecule has 0 heterocycles. The van der Waals surface area contributed by atoms with Crippen molar-refractivity contribution in [1.82, 2.24) is 0 Å². The Morgan fingerprint density at radius 2 is 0.760 bits per heavy atom. The Kier molecular flexibility index (Phi) is 12.4. The van der Waals surface area contributed by atoms with Crippen LogP contribution in [0.5, 0.6) is 0 Å². The molecule has 0 aliphatic heterocycles. The van der Waals surface area contributed by atoms with E-state index in [-0.39, 0.29) is 0 Å². The van der Waals surface area contributed by atoms with Gasteiger partial charge in [-0.1, -0.05) is 59.3 Å². The molecule has 0 rings (SSSR count). The molecule has 0 aliphatic rings. The first-order valence-corrected chi connectivity index (χ1v) is 19.8. The summed E-state index contributed by atoms with van der Waals surface area (Å²) in [5.41, 5.74) is 0. The van der Waals surface area contributed by atoms with Crippen LogP contribution in [0, 0.1) is 0 Å². The molecule has 3 nitrogen and oxygen atoms in total. The normalized spacial score (nSPS) is 13.3. The van der Waals surface area contributed by atoms with Crippen LogP contribution >= 0.6 is 0 Å². The van der Waals surface area contributed by atoms with Gasteiger partial charge in [0.05, 0.1) is 0 Å². The van der Waals surface area contributed by atoms with E-state index in [1.807, 2.05) is 0 Å². The van der Waals surface area contributed by atoms with E-state index in [0.29, 0.717) is 0 Å². The van der Waals surface area contributed by atoms with Crippen LogP contribution in [0.15, 0.2) is 0 Å². The highest BCUT2D eigenvalue weighted by molar-refractivity contribution is 6.84. The average Bonchev–Trinajstić information content (AvgIpc) is 2.47. The lowest BCUT2D eigenvalue weighted by Crippen LogP contribution is -2.51. The van der Waals surface area contributed by atoms with E-state index in [1.54, 1.807) is 0 Å². The zero-order chi connectivity index (χ0) is 19.6. The lowest BCUT2D eigenvalue weighted by Gasteiger charge is -2.35. The van der Waals surface area contributed by atoms with Gasteiger partial charge in [0.15, 0.2) is 25.0 Å². The maximum atomic E-state index is 6.54. The summed E-state index contributed by atoms with van der Waals surface area (Å²) in [7, 11) is -5.70. The van der Waals surface area contributed by atoms with Crippen molar-refractivity contribution in [3.63, 3.8) is 0 Å². The molecule has 0 spiro atoms. The molecule has 0 radical (unpaired) electrons. The molecule has 0 aromatic carbocycles. The Morgan fingerprint density at radius 1 is 0.520 bits per heavy atom. The van der Waals surface area contributed by atoms with Gasteiger partial charge in [-0.05, 0) is 57.4 Å². The Balaban J connectivity index is 5.03. The lowest BCUT2D eigenvalue weighted by molar-refractivity contribution is 0.293. The Hall–Kier alpha value is 0.596. The van der Waals surface area contributed by atoms with Gasteiger partial charge in [-0.25, -0.2) is 0 Å². The number of hydrogen-bond acceptors (Lipinski definition) is 3. The van der Waals surface area contributed by atoms with E-state index in [0.717, 1.165) is 0 Å². The fourth-order valence-corrected chi connectivity index (χ4v) is 8.95. The third-order valence-electron chi connectivity index (χ3n) is 4.64. The van der Waals surface area contributed by atoms with Crippen LogP contribution in [0.4, 0.5) is 0 Å². The van der Waals surface area contributed by atoms with Crippen LogP contribution in [-0.2, 0) is 13.0 Å². The van der Waals surface area contributed by atoms with Gasteiger partial charge < -0.3 is 13.0 Å². The smallest absolute Gasteiger partial charge is 0.429 e. The summed E-state index contributed by atoms with van der Waals surface area (Å²) in [6.45, 7) is 20.6. The van der Waals surface area contributed by atoms with Gasteiger partial charge >= 0.3 is 7.32 Å². The summed E-state index contributed by atoms with van der Waals surface area (Å²) in [5, 5.41) is 0. The molecule has 0 aliphatic carbocycles. The van der Waals surface area contributed by atoms with Gasteiger partial charge in [-0.2, -0.15) is 0 Å². The fourth-order valence-electron chi connectivity index (χ4n) is 2.84. The van der Waals surface area contributed by atoms with Gasteiger partial charge in [0, 0.05) is 0 Å². The van der Waals surface area contributed by atoms with Crippen LogP contribution in [0.2, 0.25) is 57.4 Å². The zero-order valence-electron chi connectivity index (χ0n) is 18.7. The van der Waals surface area contributed by atoms with Crippen molar-refractivity contribution < 1.29 is 13.0 Å². The third-order valence-corrected chi connectivity index (χ3v) is 11.8. The molecule has 7 heteroatoms. The maximum Gasteiger partial charge on any atom is 0.606 e. The fraction of sp³-hybridized carbons (Fsp3) is 1.00. The Labute approximate surface area is 162 Å². The summed E-state index contributed by atoms with van der Waals surface area (Å²) < 4.78 is 19.6. The number of unbranched alkanes of at least 4 members (excludes halogenated alkanes) is 3. The van der Waals surface area contributed by atoms with Gasteiger partial charge in [-0.15, -0.1) is 0 Å². The van der Waals surface area contributed by atoms with Crippen molar-refractivity contribution in [3.05, 3.63) is 0 Å². The topological polar surface area (TPSA) is 27.7 Å². The standard InChI is InChI=1S/C18H45BO3Si3/c1-10-13-16-23(4,5)20-19(21-24(6,7)17-14-11-2)22-25(8,9)18-15-12-3/h10-18H2,1-9H3. The SMILES string of the molecule is CCCC[Si](C)(C)OB(O[Si](C)(C)CCCC)O[Si](C)(C)CCCC. The van der Waals surface area contributed by atoms with E-state index >= 15 is 0 Å². The molecule has 0 fully saturated rings. The zero-order valence-corrected chi connectivity index (χ0v) is 21.7. The predicted molar refractivity (Wildman–Crippen MR) is 121 cm³/mol. The van der Waals surface area contributed by atoms with Crippen molar-refractivity contribution in [2.24, 2.45) is 0 Å². The minimum Gasteiger partial charge on any atom is -0.429 e. The molecule has 0 N–H and O–H groups in total. The largest absolute Gasteiger partial charge is 0.606 e. The van der Waals surface area contributed by atoms with Crippen molar-refractivity contribution in [1.29, 1.82) is 0 Å². The summed E-state index contributed by atoms with van der Waals surface area (Å²) in [6, 6.07) is 3.54. The first kappa shape index (κ1) is 25.6. The van der Waals surface area contributed by atoms with Crippen LogP contribution in [-0.4, -0.2) is 32.3 Å². The van der Waals surface area contributed by atoms with E-state index in [9.17, 15) is 0 Å². The molecule has 150 valence electrons. The van der Waals surface area contributed by atoms with Gasteiger partial charge in [-0.3, -0.25) is 0 Å². The van der Waals surface area contributed by atoms with Gasteiger partial charge in [0.1, 0.15) is 0 Å². The molecule has 0 aromatic rings. The molecule has 0 unspecified atom stereocenters. The summed E-state index contributed by atoms with van der Waals surface area (Å²) in [4.78, 5) is 0. The Bertz CT molecular complexity index is 300. The first-order chi connectivity index (χ1) is 11.5. The lowest BCUT2D eigenvalue weighted by atomic mass is 10.3. The average molecular weight is 405 g/mol. The van der Waals surface area contributed by atoms with E-state index in [2.05, 4.69) is 60.1 Å². The molecule has 0 saturated carbocycles. The van der Waals surface area contributed by atoms with E-state index < -0.39 is 32.3 Å². The van der Waals surface area contributed by atoms with Crippen LogP contribution in [0.3, 0.4) is 0 Å². The second kappa shape index (κ2) is 12.1. The van der Waals surface area contributed by atoms with Crippen LogP contribution in [0.25, 0.3) is 0 Å². The molecular weight excluding hydrogens is 359 g/mol. The van der Waals surface area contributed by atoms with Crippen molar-refractivity contribution >= 4 is 32.3 Å². The Morgan fingerprint density at radius 3 is 0.960 bits per heavy atom. The number of hydrogen-bond donors (Lipinski definition) is 0. The number of rotatable bonds is 15. The van der Waals surface area contributed by atoms with Gasteiger partial charge in [0.2, 0.25) is 0 Å². The summed E-state index contributed by atoms with van der Waals surface area (Å²) in [6.07, 6.45) is 7.37. The molecule has 25 heavy (non-hydrogen) atoms. The van der Waals surface area contributed by atoms with Crippen molar-refractivity contribution in [2.45, 2.75) is 117 Å². The summed E-state index contributed by atoms with van der Waals surface area (Å²) >= 11 is 0. The predicted octanol–water partition coefficient (Wildman–Crippen LogP) is 7.04. The molecule has 0 aromatic heterocycles. The molecule has 0 bridgehead atoms. The van der Waals surface area contributed by atoms with Crippen LogP contribution in [0.1, 0.15) is 59.3 Å². The molecular formula is C18H45BO3Si3. The molecule has 0 atom stereocenters. The van der Waals surface area contributed by atoms with Crippen LogP contribution < -0.4 is 0 Å². The van der Waals surface area contributed by atoms with E-state index in [1.165, 1.54) is 56.7 Å². The third kappa shape index (κ3) is 13.4. The maximum absolute atomic E-state index is 6.54. The molecule has 0 amide bonds. The van der Waals surface area contributed by atoms with Gasteiger partial charge in [0.25, 0.3) is 0 Å². The minimum atomic E-state index is -1.75. The molecule has 0 saturated heterocycles. The quantitative estimate of drug-likeness (QED) is 0.274. The van der Waals surface area contributed by atoms with E-state index in [4.69, 9.17) is 13.0 Å². The highest BCUT2D eigenvalue weighted by Crippen LogP contribution is 2.25. The van der Waals surface area contributed by atoms with Crippen molar-refractivity contribution in [3.8, 4) is 0 Å². The second-order valence-corrected chi connectivity index (χ2v) is 22.0. The second-order valence-electron chi connectivity index (χ2n) is 9.23. The highest BCUT2D eigenvalue weighted by atomic mass is 28.4.